The zero-order valence-corrected chi connectivity index (χ0v) is 14.2. The van der Waals surface area contributed by atoms with Gasteiger partial charge in [-0.1, -0.05) is 36.7 Å². The number of hydrogen-bond acceptors (Lipinski definition) is 3. The van der Waals surface area contributed by atoms with Gasteiger partial charge < -0.3 is 9.88 Å². The molecule has 0 radical (unpaired) electrons. The van der Waals surface area contributed by atoms with Crippen molar-refractivity contribution in [2.24, 2.45) is 0 Å². The zero-order chi connectivity index (χ0) is 15.8. The molecule has 0 spiro atoms. The number of hydrogen-bond donors (Lipinski definition) is 1. The van der Waals surface area contributed by atoms with Crippen LogP contribution in [0.25, 0.3) is 0 Å². The molecule has 6 heteroatoms. The Balaban J connectivity index is 1.65. The van der Waals surface area contributed by atoms with Crippen molar-refractivity contribution in [3.63, 3.8) is 0 Å². The molecule has 0 aliphatic rings. The van der Waals surface area contributed by atoms with E-state index in [1.54, 1.807) is 18.0 Å². The molecule has 0 saturated carbocycles. The maximum Gasteiger partial charge on any atom is 0.230 e. The van der Waals surface area contributed by atoms with Crippen molar-refractivity contribution in [2.75, 3.05) is 12.3 Å². The summed E-state index contributed by atoms with van der Waals surface area (Å²) >= 11 is 7.65. The van der Waals surface area contributed by atoms with E-state index in [1.807, 2.05) is 30.5 Å². The lowest BCUT2D eigenvalue weighted by atomic mass is 10.2. The monoisotopic (exact) mass is 337 g/mol. The Morgan fingerprint density at radius 3 is 3.00 bits per heavy atom. The van der Waals surface area contributed by atoms with Gasteiger partial charge in [0, 0.05) is 42.7 Å². The first-order chi connectivity index (χ1) is 10.7. The van der Waals surface area contributed by atoms with Crippen LogP contribution in [-0.4, -0.2) is 27.8 Å². The van der Waals surface area contributed by atoms with Gasteiger partial charge >= 0.3 is 0 Å². The molecule has 1 N–H and O–H groups in total. The number of rotatable bonds is 8. The first-order valence-corrected chi connectivity index (χ1v) is 8.81. The molecule has 2 rings (SSSR count). The van der Waals surface area contributed by atoms with Crippen molar-refractivity contribution >= 4 is 29.3 Å². The fourth-order valence-corrected chi connectivity index (χ4v) is 3.24. The number of imidazole rings is 1. The highest BCUT2D eigenvalue weighted by atomic mass is 35.5. The molecule has 0 saturated heterocycles. The Labute approximate surface area is 140 Å². The van der Waals surface area contributed by atoms with E-state index in [1.165, 1.54) is 0 Å². The predicted molar refractivity (Wildman–Crippen MR) is 92.2 cm³/mol. The molecule has 2 aromatic rings. The van der Waals surface area contributed by atoms with E-state index >= 15 is 0 Å². The van der Waals surface area contributed by atoms with Crippen molar-refractivity contribution in [1.29, 1.82) is 0 Å². The molecule has 1 aromatic carbocycles. The first kappa shape index (κ1) is 16.9. The van der Waals surface area contributed by atoms with Crippen molar-refractivity contribution in [1.82, 2.24) is 14.9 Å². The van der Waals surface area contributed by atoms with E-state index in [0.29, 0.717) is 12.3 Å². The molecule has 22 heavy (non-hydrogen) atoms. The van der Waals surface area contributed by atoms with Gasteiger partial charge in [-0.15, -0.1) is 11.8 Å². The van der Waals surface area contributed by atoms with Crippen LogP contribution in [0, 0.1) is 0 Å². The quantitative estimate of drug-likeness (QED) is 0.805. The largest absolute Gasteiger partial charge is 0.354 e. The number of benzene rings is 1. The molecule has 4 nitrogen and oxygen atoms in total. The van der Waals surface area contributed by atoms with Crippen LogP contribution in [0.15, 0.2) is 36.7 Å². The van der Waals surface area contributed by atoms with Gasteiger partial charge in [-0.2, -0.15) is 0 Å². The molecule has 1 heterocycles. The smallest absolute Gasteiger partial charge is 0.230 e. The van der Waals surface area contributed by atoms with Gasteiger partial charge in [0.15, 0.2) is 0 Å². The fraction of sp³-hybridized carbons (Fsp3) is 0.375. The third-order valence-electron chi connectivity index (χ3n) is 3.24. The number of halogens is 1. The maximum atomic E-state index is 11.8. The lowest BCUT2D eigenvalue weighted by Gasteiger charge is -2.08. The van der Waals surface area contributed by atoms with Crippen LogP contribution in [0.3, 0.4) is 0 Å². The topological polar surface area (TPSA) is 46.9 Å². The molecule has 0 fully saturated rings. The van der Waals surface area contributed by atoms with Crippen LogP contribution in [-0.2, 0) is 23.5 Å². The van der Waals surface area contributed by atoms with Crippen LogP contribution >= 0.6 is 23.4 Å². The standard InChI is InChI=1S/C16H20ClN3OS/c1-2-15-18-7-9-20(15)10-8-19-16(21)12-22-11-13-5-3-4-6-14(13)17/h3-7,9H,2,8,10-12H2,1H3,(H,19,21). The molecule has 0 unspecified atom stereocenters. The maximum absolute atomic E-state index is 11.8. The second-order valence-corrected chi connectivity index (χ2v) is 6.22. The van der Waals surface area contributed by atoms with E-state index < -0.39 is 0 Å². The SMILES string of the molecule is CCc1nccn1CCNC(=O)CSCc1ccccc1Cl. The molecule has 0 atom stereocenters. The lowest BCUT2D eigenvalue weighted by Crippen LogP contribution is -2.29. The molecule has 1 aromatic heterocycles. The number of thioether (sulfide) groups is 1. The van der Waals surface area contributed by atoms with Gasteiger partial charge in [-0.25, -0.2) is 4.98 Å². The van der Waals surface area contributed by atoms with E-state index in [2.05, 4.69) is 21.8 Å². The van der Waals surface area contributed by atoms with Crippen LogP contribution in [0.4, 0.5) is 0 Å². The summed E-state index contributed by atoms with van der Waals surface area (Å²) in [6.07, 6.45) is 4.63. The van der Waals surface area contributed by atoms with Crippen molar-refractivity contribution in [3.8, 4) is 0 Å². The summed E-state index contributed by atoms with van der Waals surface area (Å²) in [6, 6.07) is 7.72. The Morgan fingerprint density at radius 1 is 1.41 bits per heavy atom. The summed E-state index contributed by atoms with van der Waals surface area (Å²) in [5.74, 6) is 2.28. The van der Waals surface area contributed by atoms with Crippen LogP contribution in [0.1, 0.15) is 18.3 Å². The summed E-state index contributed by atoms with van der Waals surface area (Å²) in [6.45, 7) is 3.45. The highest BCUT2D eigenvalue weighted by Crippen LogP contribution is 2.20. The molecule has 118 valence electrons. The predicted octanol–water partition coefficient (Wildman–Crippen LogP) is 3.15. The zero-order valence-electron chi connectivity index (χ0n) is 12.6. The highest BCUT2D eigenvalue weighted by Gasteiger charge is 2.05. The van der Waals surface area contributed by atoms with Gasteiger partial charge in [0.1, 0.15) is 5.82 Å². The molecule has 0 bridgehead atoms. The average Bonchev–Trinajstić information content (AvgIpc) is 2.97. The Bertz CT molecular complexity index is 615. The number of carbonyl (C=O) groups is 1. The van der Waals surface area contributed by atoms with Crippen LogP contribution < -0.4 is 5.32 Å². The molecular formula is C16H20ClN3OS. The van der Waals surface area contributed by atoms with E-state index in [9.17, 15) is 4.79 Å². The highest BCUT2D eigenvalue weighted by molar-refractivity contribution is 7.99. The molecule has 1 amide bonds. The number of amides is 1. The van der Waals surface area contributed by atoms with Crippen molar-refractivity contribution in [3.05, 3.63) is 53.1 Å². The minimum atomic E-state index is 0.0511. The van der Waals surface area contributed by atoms with Gasteiger partial charge in [0.05, 0.1) is 5.75 Å². The van der Waals surface area contributed by atoms with Gasteiger partial charge in [-0.05, 0) is 11.6 Å². The summed E-state index contributed by atoms with van der Waals surface area (Å²) in [7, 11) is 0. The number of nitrogens with one attached hydrogen (secondary N) is 1. The lowest BCUT2D eigenvalue weighted by molar-refractivity contribution is -0.118. The minimum absolute atomic E-state index is 0.0511. The van der Waals surface area contributed by atoms with E-state index in [0.717, 1.165) is 35.1 Å². The van der Waals surface area contributed by atoms with Gasteiger partial charge in [0.2, 0.25) is 5.91 Å². The normalized spacial score (nSPS) is 10.6. The number of aryl methyl sites for hydroxylation is 1. The molecule has 0 aliphatic carbocycles. The van der Waals surface area contributed by atoms with Gasteiger partial charge in [-0.3, -0.25) is 4.79 Å². The van der Waals surface area contributed by atoms with Crippen molar-refractivity contribution in [2.45, 2.75) is 25.6 Å². The minimum Gasteiger partial charge on any atom is -0.354 e. The molecular weight excluding hydrogens is 318 g/mol. The Hall–Kier alpha value is -1.46. The third-order valence-corrected chi connectivity index (χ3v) is 4.59. The van der Waals surface area contributed by atoms with Crippen LogP contribution in [0.2, 0.25) is 5.02 Å². The summed E-state index contributed by atoms with van der Waals surface area (Å²) in [5, 5.41) is 3.68. The van der Waals surface area contributed by atoms with Crippen molar-refractivity contribution < 1.29 is 4.79 Å². The third kappa shape index (κ3) is 5.07. The fourth-order valence-electron chi connectivity index (χ4n) is 2.09. The summed E-state index contributed by atoms with van der Waals surface area (Å²) in [4.78, 5) is 16.1. The van der Waals surface area contributed by atoms with E-state index in [4.69, 9.17) is 11.6 Å². The summed E-state index contributed by atoms with van der Waals surface area (Å²) in [5.41, 5.74) is 1.06. The van der Waals surface area contributed by atoms with Crippen LogP contribution in [0.5, 0.6) is 0 Å². The Kier molecular flexibility index (Phi) is 6.80. The number of aromatic nitrogens is 2. The Morgan fingerprint density at radius 2 is 2.23 bits per heavy atom. The second-order valence-electron chi connectivity index (χ2n) is 4.82. The second kappa shape index (κ2) is 8.86. The molecule has 0 aliphatic heterocycles. The number of carbonyl (C=O) groups excluding carboxylic acids is 1. The number of nitrogens with zero attached hydrogens (tertiary/aromatic N) is 2. The van der Waals surface area contributed by atoms with E-state index in [-0.39, 0.29) is 5.91 Å². The first-order valence-electron chi connectivity index (χ1n) is 7.28. The average molecular weight is 338 g/mol. The summed E-state index contributed by atoms with van der Waals surface area (Å²) < 4.78 is 2.07. The van der Waals surface area contributed by atoms with Gasteiger partial charge in [0.25, 0.3) is 0 Å².